The zero-order valence-electron chi connectivity index (χ0n) is 18.2. The molecule has 0 amide bonds. The van der Waals surface area contributed by atoms with Crippen LogP contribution in [0.5, 0.6) is 5.75 Å². The number of hydrogen-bond donors (Lipinski definition) is 2. The fourth-order valence-electron chi connectivity index (χ4n) is 3.50. The van der Waals surface area contributed by atoms with Crippen molar-refractivity contribution in [3.8, 4) is 17.1 Å². The van der Waals surface area contributed by atoms with Gasteiger partial charge >= 0.3 is 12.1 Å². The summed E-state index contributed by atoms with van der Waals surface area (Å²) in [4.78, 5) is 15.1. The van der Waals surface area contributed by atoms with Crippen molar-refractivity contribution >= 4 is 5.97 Å². The first-order valence-corrected chi connectivity index (χ1v) is 10.5. The van der Waals surface area contributed by atoms with Crippen LogP contribution in [0.1, 0.15) is 36.1 Å². The number of nitrogens with two attached hydrogens (primary N) is 1. The molecule has 0 aliphatic carbocycles. The third-order valence-corrected chi connectivity index (χ3v) is 5.24. The summed E-state index contributed by atoms with van der Waals surface area (Å²) in [6.07, 6.45) is -1.64. The maximum Gasteiger partial charge on any atom is 0.416 e. The molecule has 0 saturated carbocycles. The number of ether oxygens (including phenoxy) is 1. The van der Waals surface area contributed by atoms with E-state index in [4.69, 9.17) is 15.6 Å². The van der Waals surface area contributed by atoms with Gasteiger partial charge in [0, 0.05) is 29.1 Å². The second-order valence-corrected chi connectivity index (χ2v) is 7.84. The summed E-state index contributed by atoms with van der Waals surface area (Å²) in [5.41, 5.74) is 7.42. The lowest BCUT2D eigenvalue weighted by atomic mass is 10.1. The van der Waals surface area contributed by atoms with Gasteiger partial charge in [0.05, 0.1) is 25.1 Å². The highest BCUT2D eigenvalue weighted by atomic mass is 19.4. The predicted molar refractivity (Wildman–Crippen MR) is 118 cm³/mol. The molecule has 1 aromatic heterocycles. The number of para-hydroxylation sites is 1. The van der Waals surface area contributed by atoms with Crippen LogP contribution in [-0.4, -0.2) is 33.3 Å². The highest BCUT2D eigenvalue weighted by molar-refractivity contribution is 5.67. The molecule has 6 nitrogen and oxygen atoms in total. The van der Waals surface area contributed by atoms with Crippen molar-refractivity contribution in [2.24, 2.45) is 5.73 Å². The van der Waals surface area contributed by atoms with Gasteiger partial charge in [0.15, 0.2) is 0 Å². The van der Waals surface area contributed by atoms with Crippen molar-refractivity contribution in [1.29, 1.82) is 0 Å². The molecule has 1 atom stereocenters. The van der Waals surface area contributed by atoms with E-state index in [0.717, 1.165) is 23.4 Å². The summed E-state index contributed by atoms with van der Waals surface area (Å²) in [6, 6.07) is 12.0. The fourth-order valence-corrected chi connectivity index (χ4v) is 3.50. The molecular weight excluding hydrogens is 435 g/mol. The Morgan fingerprint density at radius 3 is 2.55 bits per heavy atom. The summed E-state index contributed by atoms with van der Waals surface area (Å²) in [5, 5.41) is 8.78. The van der Waals surface area contributed by atoms with Crippen LogP contribution < -0.4 is 10.5 Å². The molecule has 0 aliphatic rings. The Hall–Kier alpha value is -3.33. The van der Waals surface area contributed by atoms with Gasteiger partial charge in [-0.15, -0.1) is 0 Å². The number of carboxylic acid groups (broad SMARTS) is 1. The SMILES string of the molecule is Cc1cnc(-c2ccc(C(F)(F)F)cc2)n1Cc1ccccc1OCCCC(N)CC(=O)O. The lowest BCUT2D eigenvalue weighted by Gasteiger charge is -2.16. The minimum absolute atomic E-state index is 0.0801. The molecule has 0 fully saturated rings. The van der Waals surface area contributed by atoms with Crippen molar-refractivity contribution in [3.63, 3.8) is 0 Å². The van der Waals surface area contributed by atoms with Crippen LogP contribution in [0.3, 0.4) is 0 Å². The van der Waals surface area contributed by atoms with Gasteiger partial charge in [0.1, 0.15) is 11.6 Å². The first kappa shape index (κ1) is 24.3. The first-order valence-electron chi connectivity index (χ1n) is 10.5. The first-order chi connectivity index (χ1) is 15.6. The number of carboxylic acids is 1. The predicted octanol–water partition coefficient (Wildman–Crippen LogP) is 4.89. The largest absolute Gasteiger partial charge is 0.493 e. The molecule has 33 heavy (non-hydrogen) atoms. The minimum atomic E-state index is -4.39. The highest BCUT2D eigenvalue weighted by Crippen LogP contribution is 2.31. The van der Waals surface area contributed by atoms with Gasteiger partial charge in [0.25, 0.3) is 0 Å². The molecular formula is C24H26F3N3O3. The van der Waals surface area contributed by atoms with E-state index in [-0.39, 0.29) is 6.42 Å². The van der Waals surface area contributed by atoms with Crippen LogP contribution in [0, 0.1) is 6.92 Å². The van der Waals surface area contributed by atoms with E-state index >= 15 is 0 Å². The molecule has 3 aromatic rings. The molecule has 1 heterocycles. The number of hydrogen-bond acceptors (Lipinski definition) is 4. The number of nitrogens with zero attached hydrogens (tertiary/aromatic N) is 2. The van der Waals surface area contributed by atoms with Crippen LogP contribution in [0.4, 0.5) is 13.2 Å². The lowest BCUT2D eigenvalue weighted by molar-refractivity contribution is -0.138. The Morgan fingerprint density at radius 1 is 1.18 bits per heavy atom. The Balaban J connectivity index is 1.72. The third-order valence-electron chi connectivity index (χ3n) is 5.24. The summed E-state index contributed by atoms with van der Waals surface area (Å²) in [6.45, 7) is 2.70. The number of aliphatic carboxylic acids is 1. The van der Waals surface area contributed by atoms with Crippen molar-refractivity contribution in [2.75, 3.05) is 6.61 Å². The van der Waals surface area contributed by atoms with E-state index < -0.39 is 23.8 Å². The highest BCUT2D eigenvalue weighted by Gasteiger charge is 2.30. The second kappa shape index (κ2) is 10.5. The van der Waals surface area contributed by atoms with Gasteiger partial charge < -0.3 is 20.1 Å². The molecule has 0 saturated heterocycles. The Labute approximate surface area is 189 Å². The van der Waals surface area contributed by atoms with Gasteiger partial charge in [-0.1, -0.05) is 30.3 Å². The van der Waals surface area contributed by atoms with Gasteiger partial charge in [-0.05, 0) is 38.0 Å². The average molecular weight is 461 g/mol. The molecule has 1 unspecified atom stereocenters. The van der Waals surface area contributed by atoms with Crippen molar-refractivity contribution in [2.45, 2.75) is 44.9 Å². The molecule has 0 bridgehead atoms. The fraction of sp³-hybridized carbons (Fsp3) is 0.333. The van der Waals surface area contributed by atoms with E-state index in [1.165, 1.54) is 12.1 Å². The second-order valence-electron chi connectivity index (χ2n) is 7.84. The molecule has 0 radical (unpaired) electrons. The number of halogens is 3. The van der Waals surface area contributed by atoms with Gasteiger partial charge in [-0.3, -0.25) is 4.79 Å². The number of benzene rings is 2. The monoisotopic (exact) mass is 461 g/mol. The van der Waals surface area contributed by atoms with E-state index in [0.29, 0.717) is 43.1 Å². The van der Waals surface area contributed by atoms with Gasteiger partial charge in [-0.25, -0.2) is 4.98 Å². The summed E-state index contributed by atoms with van der Waals surface area (Å²) in [5.74, 6) is 0.319. The Morgan fingerprint density at radius 2 is 1.88 bits per heavy atom. The van der Waals surface area contributed by atoms with Gasteiger partial charge in [0.2, 0.25) is 0 Å². The Kier molecular flexibility index (Phi) is 7.75. The van der Waals surface area contributed by atoms with Crippen LogP contribution >= 0.6 is 0 Å². The number of imidazole rings is 1. The lowest BCUT2D eigenvalue weighted by Crippen LogP contribution is -2.24. The standard InChI is InChI=1S/C24H26F3N3O3/c1-16-14-29-23(17-8-10-19(11-9-17)24(25,26)27)30(16)15-18-5-2-3-7-21(18)33-12-4-6-20(28)13-22(31)32/h2-3,5,7-11,14,20H,4,6,12-13,15,28H2,1H3,(H,31,32). The van der Waals surface area contributed by atoms with Crippen LogP contribution in [-0.2, 0) is 17.5 Å². The summed E-state index contributed by atoms with van der Waals surface area (Å²) in [7, 11) is 0. The molecule has 2 aromatic carbocycles. The summed E-state index contributed by atoms with van der Waals surface area (Å²) >= 11 is 0. The number of aryl methyl sites for hydroxylation is 1. The Bertz CT molecular complexity index is 1080. The van der Waals surface area contributed by atoms with E-state index in [1.54, 1.807) is 6.20 Å². The van der Waals surface area contributed by atoms with Crippen LogP contribution in [0.15, 0.2) is 54.7 Å². The maximum atomic E-state index is 12.9. The van der Waals surface area contributed by atoms with Crippen LogP contribution in [0.2, 0.25) is 0 Å². The van der Waals surface area contributed by atoms with E-state index in [2.05, 4.69) is 4.98 Å². The average Bonchev–Trinajstić information content (AvgIpc) is 3.11. The van der Waals surface area contributed by atoms with E-state index in [1.807, 2.05) is 35.8 Å². The molecule has 3 N–H and O–H groups in total. The molecule has 0 spiro atoms. The van der Waals surface area contributed by atoms with E-state index in [9.17, 15) is 18.0 Å². The quantitative estimate of drug-likeness (QED) is 0.420. The molecule has 0 aliphatic heterocycles. The van der Waals surface area contributed by atoms with Crippen molar-refractivity contribution < 1.29 is 27.8 Å². The molecule has 3 rings (SSSR count). The molecule has 176 valence electrons. The molecule has 9 heteroatoms. The maximum absolute atomic E-state index is 12.9. The number of rotatable bonds is 10. The van der Waals surface area contributed by atoms with Crippen molar-refractivity contribution in [1.82, 2.24) is 9.55 Å². The topological polar surface area (TPSA) is 90.4 Å². The number of aromatic nitrogens is 2. The third kappa shape index (κ3) is 6.58. The zero-order valence-corrected chi connectivity index (χ0v) is 18.2. The smallest absolute Gasteiger partial charge is 0.416 e. The number of alkyl halides is 3. The van der Waals surface area contributed by atoms with Crippen molar-refractivity contribution in [3.05, 3.63) is 71.5 Å². The minimum Gasteiger partial charge on any atom is -0.493 e. The van der Waals surface area contributed by atoms with Crippen LogP contribution in [0.25, 0.3) is 11.4 Å². The zero-order chi connectivity index (χ0) is 24.0. The normalized spacial score (nSPS) is 12.5. The summed E-state index contributed by atoms with van der Waals surface area (Å²) < 4.78 is 46.5. The number of carbonyl (C=O) groups is 1. The van der Waals surface area contributed by atoms with Gasteiger partial charge in [-0.2, -0.15) is 13.2 Å².